The van der Waals surface area contributed by atoms with Crippen LogP contribution in [-0.4, -0.2) is 24.1 Å². The molecule has 1 rings (SSSR count). The van der Waals surface area contributed by atoms with Crippen molar-refractivity contribution < 1.29 is 19.1 Å². The third kappa shape index (κ3) is 2.78. The Labute approximate surface area is 94.7 Å². The SMILES string of the molecule is CCOC(=O)C(CC)C1C=CC(=O)CC1=O. The molecule has 0 saturated heterocycles. The number of carbonyl (C=O) groups excluding carboxylic acids is 3. The van der Waals surface area contributed by atoms with Crippen molar-refractivity contribution in [3.05, 3.63) is 12.2 Å². The third-order valence-corrected chi connectivity index (χ3v) is 2.67. The Morgan fingerprint density at radius 2 is 2.19 bits per heavy atom. The van der Waals surface area contributed by atoms with Crippen molar-refractivity contribution in [2.45, 2.75) is 26.7 Å². The molecule has 4 nitrogen and oxygen atoms in total. The van der Waals surface area contributed by atoms with Gasteiger partial charge in [0.2, 0.25) is 0 Å². The van der Waals surface area contributed by atoms with Crippen LogP contribution in [0.4, 0.5) is 0 Å². The molecule has 0 saturated carbocycles. The number of esters is 1. The second-order valence-electron chi connectivity index (χ2n) is 3.76. The lowest BCUT2D eigenvalue weighted by molar-refractivity contribution is -0.152. The van der Waals surface area contributed by atoms with Crippen molar-refractivity contribution in [3.8, 4) is 0 Å². The zero-order valence-electron chi connectivity index (χ0n) is 9.56. The van der Waals surface area contributed by atoms with Crippen LogP contribution >= 0.6 is 0 Å². The summed E-state index contributed by atoms with van der Waals surface area (Å²) in [5.41, 5.74) is 0. The predicted molar refractivity (Wildman–Crippen MR) is 57.7 cm³/mol. The van der Waals surface area contributed by atoms with Gasteiger partial charge in [-0.15, -0.1) is 0 Å². The molecule has 0 fully saturated rings. The Kier molecular flexibility index (Phi) is 4.40. The fourth-order valence-electron chi connectivity index (χ4n) is 1.84. The summed E-state index contributed by atoms with van der Waals surface area (Å²) in [6, 6.07) is 0. The minimum absolute atomic E-state index is 0.100. The van der Waals surface area contributed by atoms with Gasteiger partial charge in [-0.1, -0.05) is 13.0 Å². The van der Waals surface area contributed by atoms with Crippen molar-refractivity contribution in [1.29, 1.82) is 0 Å². The summed E-state index contributed by atoms with van der Waals surface area (Å²) in [7, 11) is 0. The summed E-state index contributed by atoms with van der Waals surface area (Å²) in [6.07, 6.45) is 3.35. The molecule has 0 heterocycles. The molecule has 0 amide bonds. The van der Waals surface area contributed by atoms with Gasteiger partial charge in [0.1, 0.15) is 5.78 Å². The van der Waals surface area contributed by atoms with Crippen LogP contribution in [0.2, 0.25) is 0 Å². The number of ether oxygens (including phenoxy) is 1. The molecule has 88 valence electrons. The molecule has 0 radical (unpaired) electrons. The summed E-state index contributed by atoms with van der Waals surface area (Å²) in [5, 5.41) is 0. The molecule has 1 aliphatic rings. The topological polar surface area (TPSA) is 60.4 Å². The van der Waals surface area contributed by atoms with Crippen LogP contribution in [0.3, 0.4) is 0 Å². The minimum atomic E-state index is -0.498. The fourth-order valence-corrected chi connectivity index (χ4v) is 1.84. The summed E-state index contributed by atoms with van der Waals surface area (Å²) in [6.45, 7) is 3.87. The highest BCUT2D eigenvalue weighted by Crippen LogP contribution is 2.24. The number of rotatable bonds is 4. The minimum Gasteiger partial charge on any atom is -0.466 e. The van der Waals surface area contributed by atoms with Gasteiger partial charge in [-0.05, 0) is 19.4 Å². The normalized spacial score (nSPS) is 22.0. The fraction of sp³-hybridized carbons (Fsp3) is 0.583. The van der Waals surface area contributed by atoms with Crippen molar-refractivity contribution in [2.75, 3.05) is 6.61 Å². The van der Waals surface area contributed by atoms with E-state index in [1.807, 2.05) is 6.92 Å². The maximum atomic E-state index is 11.6. The van der Waals surface area contributed by atoms with Crippen LogP contribution in [0, 0.1) is 11.8 Å². The van der Waals surface area contributed by atoms with E-state index in [0.717, 1.165) is 0 Å². The first-order valence-electron chi connectivity index (χ1n) is 5.50. The zero-order valence-corrected chi connectivity index (χ0v) is 9.56. The van der Waals surface area contributed by atoms with Crippen molar-refractivity contribution in [1.82, 2.24) is 0 Å². The van der Waals surface area contributed by atoms with Gasteiger partial charge >= 0.3 is 5.97 Å². The monoisotopic (exact) mass is 224 g/mol. The summed E-state index contributed by atoms with van der Waals surface area (Å²) in [5.74, 6) is -1.70. The number of Topliss-reactive ketones (excluding diaryl/α,β-unsaturated/α-hetero) is 1. The molecule has 2 atom stereocenters. The van der Waals surface area contributed by atoms with Crippen LogP contribution in [-0.2, 0) is 19.1 Å². The third-order valence-electron chi connectivity index (χ3n) is 2.67. The number of hydrogen-bond acceptors (Lipinski definition) is 4. The van der Waals surface area contributed by atoms with Crippen LogP contribution < -0.4 is 0 Å². The molecular weight excluding hydrogens is 208 g/mol. The van der Waals surface area contributed by atoms with Gasteiger partial charge in [-0.3, -0.25) is 14.4 Å². The van der Waals surface area contributed by atoms with Crippen molar-refractivity contribution in [3.63, 3.8) is 0 Å². The van der Waals surface area contributed by atoms with Crippen LogP contribution in [0.15, 0.2) is 12.2 Å². The molecule has 0 aromatic carbocycles. The van der Waals surface area contributed by atoms with E-state index >= 15 is 0 Å². The largest absolute Gasteiger partial charge is 0.466 e. The smallest absolute Gasteiger partial charge is 0.309 e. The number of hydrogen-bond donors (Lipinski definition) is 0. The van der Waals surface area contributed by atoms with E-state index in [1.165, 1.54) is 12.2 Å². The van der Waals surface area contributed by atoms with E-state index in [2.05, 4.69) is 0 Å². The van der Waals surface area contributed by atoms with E-state index in [1.54, 1.807) is 6.92 Å². The maximum Gasteiger partial charge on any atom is 0.309 e. The van der Waals surface area contributed by atoms with Gasteiger partial charge < -0.3 is 4.74 Å². The van der Waals surface area contributed by atoms with Crippen LogP contribution in [0.25, 0.3) is 0 Å². The van der Waals surface area contributed by atoms with Crippen LogP contribution in [0.1, 0.15) is 26.7 Å². The number of ketones is 2. The lowest BCUT2D eigenvalue weighted by Crippen LogP contribution is -2.32. The molecule has 16 heavy (non-hydrogen) atoms. The first-order valence-corrected chi connectivity index (χ1v) is 5.50. The van der Waals surface area contributed by atoms with Crippen molar-refractivity contribution in [2.24, 2.45) is 11.8 Å². The molecule has 1 aliphatic carbocycles. The van der Waals surface area contributed by atoms with E-state index in [0.29, 0.717) is 13.0 Å². The molecule has 0 aliphatic heterocycles. The lowest BCUT2D eigenvalue weighted by Gasteiger charge is -2.22. The second-order valence-corrected chi connectivity index (χ2v) is 3.76. The van der Waals surface area contributed by atoms with Gasteiger partial charge in [0.05, 0.1) is 18.9 Å². The van der Waals surface area contributed by atoms with E-state index < -0.39 is 11.8 Å². The molecule has 0 aromatic rings. The summed E-state index contributed by atoms with van der Waals surface area (Å²) < 4.78 is 4.91. The van der Waals surface area contributed by atoms with E-state index in [9.17, 15) is 14.4 Å². The lowest BCUT2D eigenvalue weighted by atomic mass is 9.81. The Morgan fingerprint density at radius 3 is 2.69 bits per heavy atom. The van der Waals surface area contributed by atoms with Gasteiger partial charge in [-0.25, -0.2) is 0 Å². The van der Waals surface area contributed by atoms with Crippen LogP contribution in [0.5, 0.6) is 0 Å². The molecule has 0 bridgehead atoms. The number of allylic oxidation sites excluding steroid dienone is 2. The standard InChI is InChI=1S/C12H16O4/c1-3-9(12(15)16-4-2)10-6-5-8(13)7-11(10)14/h5-6,9-10H,3-4,7H2,1-2H3. The maximum absolute atomic E-state index is 11.6. The Hall–Kier alpha value is -1.45. The average Bonchev–Trinajstić information content (AvgIpc) is 2.22. The molecule has 2 unspecified atom stereocenters. The van der Waals surface area contributed by atoms with E-state index in [-0.39, 0.29) is 24.0 Å². The summed E-state index contributed by atoms with van der Waals surface area (Å²) in [4.78, 5) is 34.2. The van der Waals surface area contributed by atoms with Crippen molar-refractivity contribution >= 4 is 17.5 Å². The van der Waals surface area contributed by atoms with Gasteiger partial charge in [0.15, 0.2) is 5.78 Å². The molecule has 4 heteroatoms. The zero-order chi connectivity index (χ0) is 12.1. The average molecular weight is 224 g/mol. The highest BCUT2D eigenvalue weighted by atomic mass is 16.5. The number of carbonyl (C=O) groups is 3. The highest BCUT2D eigenvalue weighted by molar-refractivity contribution is 6.09. The summed E-state index contributed by atoms with van der Waals surface area (Å²) >= 11 is 0. The first-order chi connectivity index (χ1) is 7.60. The predicted octanol–water partition coefficient (Wildman–Crippen LogP) is 1.29. The molecule has 0 spiro atoms. The molecule has 0 aromatic heterocycles. The van der Waals surface area contributed by atoms with Gasteiger partial charge in [0.25, 0.3) is 0 Å². The van der Waals surface area contributed by atoms with E-state index in [4.69, 9.17) is 4.74 Å². The Morgan fingerprint density at radius 1 is 1.50 bits per heavy atom. The highest BCUT2D eigenvalue weighted by Gasteiger charge is 2.34. The Bertz CT molecular complexity index is 330. The van der Waals surface area contributed by atoms with Gasteiger partial charge in [0, 0.05) is 5.92 Å². The second kappa shape index (κ2) is 5.58. The molecule has 0 N–H and O–H groups in total. The first kappa shape index (κ1) is 12.6. The molecular formula is C12H16O4. The Balaban J connectivity index is 2.80. The quantitative estimate of drug-likeness (QED) is 0.533. The van der Waals surface area contributed by atoms with Gasteiger partial charge in [-0.2, -0.15) is 0 Å².